The van der Waals surface area contributed by atoms with Crippen molar-refractivity contribution in [3.63, 3.8) is 0 Å². The fraction of sp³-hybridized carbons (Fsp3) is 0.217. The van der Waals surface area contributed by atoms with Crippen LogP contribution in [0.5, 0.6) is 5.75 Å². The first-order valence-corrected chi connectivity index (χ1v) is 9.53. The monoisotopic (exact) mass is 390 g/mol. The number of benzene rings is 2. The highest BCUT2D eigenvalue weighted by Crippen LogP contribution is 2.27. The molecule has 4 aromatic rings. The molecule has 2 aromatic carbocycles. The number of halogens is 1. The van der Waals surface area contributed by atoms with Crippen LogP contribution in [-0.4, -0.2) is 27.8 Å². The van der Waals surface area contributed by atoms with E-state index in [9.17, 15) is 4.39 Å². The second-order valence-corrected chi connectivity index (χ2v) is 7.35. The molecule has 0 aliphatic rings. The minimum absolute atomic E-state index is 0.236. The van der Waals surface area contributed by atoms with Crippen LogP contribution >= 0.6 is 0 Å². The maximum absolute atomic E-state index is 13.9. The first-order chi connectivity index (χ1) is 14.0. The third-order valence-corrected chi connectivity index (χ3v) is 4.95. The highest BCUT2D eigenvalue weighted by Gasteiger charge is 2.11. The normalized spacial score (nSPS) is 12.3. The molecule has 0 amide bonds. The lowest BCUT2D eigenvalue weighted by molar-refractivity contribution is 0.286. The number of H-pyrrole nitrogens is 1. The highest BCUT2D eigenvalue weighted by molar-refractivity contribution is 5.86. The van der Waals surface area contributed by atoms with E-state index in [2.05, 4.69) is 21.2 Å². The van der Waals surface area contributed by atoms with Crippen molar-refractivity contribution in [2.75, 3.05) is 6.61 Å². The number of nitrogens with one attached hydrogen (secondary N) is 1. The molecule has 0 aliphatic heterocycles. The molecular formula is C23H23FN4O. The van der Waals surface area contributed by atoms with E-state index in [1.54, 1.807) is 18.5 Å². The fourth-order valence-corrected chi connectivity index (χ4v) is 3.39. The van der Waals surface area contributed by atoms with Crippen LogP contribution in [0.25, 0.3) is 22.0 Å². The van der Waals surface area contributed by atoms with Gasteiger partial charge >= 0.3 is 0 Å². The van der Waals surface area contributed by atoms with Gasteiger partial charge in [0.25, 0.3) is 0 Å². The molecule has 6 heteroatoms. The van der Waals surface area contributed by atoms with Crippen LogP contribution in [0.2, 0.25) is 0 Å². The molecule has 0 saturated carbocycles. The molecule has 0 spiro atoms. The lowest BCUT2D eigenvalue weighted by atomic mass is 10.0. The second kappa shape index (κ2) is 8.01. The Balaban J connectivity index is 1.45. The Labute approximate surface area is 168 Å². The smallest absolute Gasteiger partial charge is 0.138 e. The van der Waals surface area contributed by atoms with Crippen LogP contribution in [0.4, 0.5) is 4.39 Å². The van der Waals surface area contributed by atoms with Crippen molar-refractivity contribution >= 4 is 10.9 Å². The molecule has 0 aliphatic carbocycles. The minimum Gasteiger partial charge on any atom is -0.490 e. The van der Waals surface area contributed by atoms with Gasteiger partial charge in [0.15, 0.2) is 0 Å². The summed E-state index contributed by atoms with van der Waals surface area (Å²) < 4.78 is 19.8. The number of nitrogens with zero attached hydrogens (tertiary/aromatic N) is 2. The van der Waals surface area contributed by atoms with Gasteiger partial charge in [-0.05, 0) is 55.7 Å². The first kappa shape index (κ1) is 19.1. The Hall–Kier alpha value is -3.25. The standard InChI is InChI=1S/C23H23FN4O/c1-14-3-5-22(24)17(7-14)8-19(25)13-29-20-9-18(11-26-12-20)16-4-6-23-21(10-16)15(2)27-28-23/h3-7,9-12,19H,8,13,25H2,1-2H3,(H,27,28)/t19-/m0/s1. The molecule has 0 unspecified atom stereocenters. The summed E-state index contributed by atoms with van der Waals surface area (Å²) in [5.41, 5.74) is 11.7. The number of aryl methyl sites for hydroxylation is 2. The van der Waals surface area contributed by atoms with E-state index in [4.69, 9.17) is 10.5 Å². The minimum atomic E-state index is -0.320. The van der Waals surface area contributed by atoms with E-state index in [0.717, 1.165) is 33.3 Å². The summed E-state index contributed by atoms with van der Waals surface area (Å²) >= 11 is 0. The van der Waals surface area contributed by atoms with Gasteiger partial charge in [0.05, 0.1) is 17.4 Å². The summed E-state index contributed by atoms with van der Waals surface area (Å²) in [4.78, 5) is 4.29. The van der Waals surface area contributed by atoms with Crippen LogP contribution in [-0.2, 0) is 6.42 Å². The van der Waals surface area contributed by atoms with E-state index in [1.165, 1.54) is 6.07 Å². The van der Waals surface area contributed by atoms with Crippen molar-refractivity contribution in [2.45, 2.75) is 26.3 Å². The van der Waals surface area contributed by atoms with E-state index >= 15 is 0 Å². The number of nitrogens with two attached hydrogens (primary N) is 1. The van der Waals surface area contributed by atoms with Crippen molar-refractivity contribution in [1.82, 2.24) is 15.2 Å². The quantitative estimate of drug-likeness (QED) is 0.514. The molecule has 29 heavy (non-hydrogen) atoms. The highest BCUT2D eigenvalue weighted by atomic mass is 19.1. The average Bonchev–Trinajstić information content (AvgIpc) is 3.10. The average molecular weight is 390 g/mol. The summed E-state index contributed by atoms with van der Waals surface area (Å²) in [5, 5.41) is 8.32. The Morgan fingerprint density at radius 2 is 1.93 bits per heavy atom. The summed E-state index contributed by atoms with van der Waals surface area (Å²) in [7, 11) is 0. The third-order valence-electron chi connectivity index (χ3n) is 4.95. The summed E-state index contributed by atoms with van der Waals surface area (Å²) in [5.74, 6) is 0.395. The van der Waals surface area contributed by atoms with Crippen LogP contribution in [0.3, 0.4) is 0 Å². The molecule has 1 atom stereocenters. The number of ether oxygens (including phenoxy) is 1. The van der Waals surface area contributed by atoms with E-state index in [-0.39, 0.29) is 18.5 Å². The van der Waals surface area contributed by atoms with Gasteiger partial charge < -0.3 is 10.5 Å². The Kier molecular flexibility index (Phi) is 5.27. The number of hydrogen-bond donors (Lipinski definition) is 2. The molecule has 2 heterocycles. The predicted molar refractivity (Wildman–Crippen MR) is 112 cm³/mol. The number of rotatable bonds is 6. The van der Waals surface area contributed by atoms with Gasteiger partial charge in [-0.3, -0.25) is 10.1 Å². The Morgan fingerprint density at radius 1 is 1.07 bits per heavy atom. The molecule has 0 radical (unpaired) electrons. The molecule has 0 bridgehead atoms. The zero-order valence-corrected chi connectivity index (χ0v) is 16.4. The zero-order chi connectivity index (χ0) is 20.4. The van der Waals surface area contributed by atoms with Gasteiger partial charge in [0.1, 0.15) is 18.2 Å². The van der Waals surface area contributed by atoms with Crippen molar-refractivity contribution in [1.29, 1.82) is 0 Å². The Morgan fingerprint density at radius 3 is 2.79 bits per heavy atom. The van der Waals surface area contributed by atoms with Crippen LogP contribution in [0.15, 0.2) is 54.9 Å². The number of hydrogen-bond acceptors (Lipinski definition) is 4. The largest absolute Gasteiger partial charge is 0.490 e. The van der Waals surface area contributed by atoms with Crippen molar-refractivity contribution in [3.05, 3.63) is 77.5 Å². The van der Waals surface area contributed by atoms with E-state index in [0.29, 0.717) is 17.7 Å². The first-order valence-electron chi connectivity index (χ1n) is 9.53. The van der Waals surface area contributed by atoms with Crippen LogP contribution in [0, 0.1) is 19.7 Å². The van der Waals surface area contributed by atoms with Crippen LogP contribution < -0.4 is 10.5 Å². The van der Waals surface area contributed by atoms with Gasteiger partial charge in [0.2, 0.25) is 0 Å². The fourth-order valence-electron chi connectivity index (χ4n) is 3.39. The van der Waals surface area contributed by atoms with Gasteiger partial charge in [0, 0.05) is 23.2 Å². The molecule has 0 fully saturated rings. The number of pyridine rings is 1. The van der Waals surface area contributed by atoms with Gasteiger partial charge in [-0.2, -0.15) is 5.10 Å². The van der Waals surface area contributed by atoms with Crippen molar-refractivity contribution < 1.29 is 9.13 Å². The van der Waals surface area contributed by atoms with Gasteiger partial charge in [-0.1, -0.05) is 23.8 Å². The maximum Gasteiger partial charge on any atom is 0.138 e. The summed E-state index contributed by atoms with van der Waals surface area (Å²) in [6, 6.07) is 12.8. The molecule has 0 saturated heterocycles. The maximum atomic E-state index is 13.9. The molecule has 4 rings (SSSR count). The van der Waals surface area contributed by atoms with Gasteiger partial charge in [-0.25, -0.2) is 4.39 Å². The summed E-state index contributed by atoms with van der Waals surface area (Å²) in [6.45, 7) is 4.18. The van der Waals surface area contributed by atoms with Crippen molar-refractivity contribution in [2.24, 2.45) is 5.73 Å². The SMILES string of the molecule is Cc1ccc(F)c(C[C@H](N)COc2cncc(-c3ccc4[nH]nc(C)c4c3)c2)c1. The second-order valence-electron chi connectivity index (χ2n) is 7.35. The summed E-state index contributed by atoms with van der Waals surface area (Å²) in [6.07, 6.45) is 3.87. The van der Waals surface area contributed by atoms with Crippen LogP contribution in [0.1, 0.15) is 16.8 Å². The molecule has 2 aromatic heterocycles. The predicted octanol–water partition coefficient (Wildman–Crippen LogP) is 4.33. The number of aromatic amines is 1. The number of aromatic nitrogens is 3. The topological polar surface area (TPSA) is 76.8 Å². The molecule has 5 nitrogen and oxygen atoms in total. The Bertz CT molecular complexity index is 1150. The molecular weight excluding hydrogens is 367 g/mol. The van der Waals surface area contributed by atoms with Crippen molar-refractivity contribution in [3.8, 4) is 16.9 Å². The molecule has 148 valence electrons. The zero-order valence-electron chi connectivity index (χ0n) is 16.4. The van der Waals surface area contributed by atoms with Gasteiger partial charge in [-0.15, -0.1) is 0 Å². The molecule has 3 N–H and O–H groups in total. The van der Waals surface area contributed by atoms with E-state index in [1.807, 2.05) is 38.1 Å². The lowest BCUT2D eigenvalue weighted by Gasteiger charge is -2.14. The van der Waals surface area contributed by atoms with E-state index < -0.39 is 0 Å². The number of fused-ring (bicyclic) bond motifs is 1. The lowest BCUT2D eigenvalue weighted by Crippen LogP contribution is -2.30. The third kappa shape index (κ3) is 4.27.